The SMILES string of the molecule is C=CC(=O)N1CC[C@H](C(=O)N(C)[C@H](C(=O)N[C-]2Cc3cc(O)cc(c3)-c3ccc4c(c3)c(c(-c3cccnc3COC)n4CC)CC(C)(C)COC(=O)[C@@H]3CCCN(N3)C2=O)C2CCCC2)C1.[U]. The van der Waals surface area contributed by atoms with E-state index >= 15 is 0 Å². The number of likely N-dealkylation sites (N-methyl/N-ethyl adjacent to an activating group) is 1. The second-order valence-corrected chi connectivity index (χ2v) is 19.4. The summed E-state index contributed by atoms with van der Waals surface area (Å²) in [6.07, 6.45) is 8.19. The summed E-state index contributed by atoms with van der Waals surface area (Å²) in [5.74, 6) is -2.61. The van der Waals surface area contributed by atoms with Gasteiger partial charge >= 0.3 is 5.97 Å². The van der Waals surface area contributed by atoms with Gasteiger partial charge in [0.25, 0.3) is 0 Å². The van der Waals surface area contributed by atoms with Crippen LogP contribution in [-0.4, -0.2) is 112 Å². The van der Waals surface area contributed by atoms with Crippen molar-refractivity contribution in [3.63, 3.8) is 0 Å². The predicted octanol–water partition coefficient (Wildman–Crippen LogP) is 6.11. The number of phenolic OH excluding ortho intramolecular Hbond substituents is 1. The summed E-state index contributed by atoms with van der Waals surface area (Å²) in [6.45, 7) is 11.9. The number of esters is 1. The third-order valence-corrected chi connectivity index (χ3v) is 14.0. The molecule has 6 bridgehead atoms. The fraction of sp³-hybridized carbons (Fsp3) is 0.481. The van der Waals surface area contributed by atoms with Crippen molar-refractivity contribution in [3.05, 3.63) is 90.2 Å². The number of aryl methyl sites for hydroxylation is 1. The number of nitrogens with zero attached hydrogens (tertiary/aromatic N) is 5. The van der Waals surface area contributed by atoms with E-state index in [1.807, 2.05) is 18.2 Å². The zero-order chi connectivity index (χ0) is 47.6. The van der Waals surface area contributed by atoms with Gasteiger partial charge in [-0.25, -0.2) is 5.43 Å². The minimum absolute atomic E-state index is 0. The van der Waals surface area contributed by atoms with Crippen molar-refractivity contribution in [1.82, 2.24) is 35.1 Å². The molecule has 3 aliphatic heterocycles. The van der Waals surface area contributed by atoms with Crippen molar-refractivity contribution >= 4 is 40.5 Å². The number of hydrogen-bond acceptors (Lipinski definition) is 10. The Morgan fingerprint density at radius 2 is 1.85 bits per heavy atom. The van der Waals surface area contributed by atoms with Crippen molar-refractivity contribution in [2.45, 2.75) is 104 Å². The fourth-order valence-corrected chi connectivity index (χ4v) is 10.7. The van der Waals surface area contributed by atoms with Crippen molar-refractivity contribution in [2.75, 3.05) is 40.4 Å². The number of ether oxygens (including phenoxy) is 2. The number of methoxy groups -OCH3 is 1. The van der Waals surface area contributed by atoms with Gasteiger partial charge in [-0.2, -0.15) is 6.04 Å². The molecular formula is C52H64N7O8U-. The van der Waals surface area contributed by atoms with E-state index in [4.69, 9.17) is 14.5 Å². The van der Waals surface area contributed by atoms with Crippen LogP contribution < -0.4 is 10.7 Å². The maximum absolute atomic E-state index is 14.8. The number of aromatic nitrogens is 2. The number of rotatable bonds is 10. The molecule has 0 unspecified atom stereocenters. The standard InChI is InChI=1S/C52H64N7O8.U/c1-7-45(61)57-22-19-35(29-57)49(63)56(5)46(33-13-9-10-14-33)48(62)54-42-25-32-23-36(26-37(60)24-32)34-17-18-44-39(27-34)40(47(58(44)8-2)38-15-11-20-53-43(38)30-66-6)28-52(3,4)31-67-51(65)41-16-12-21-59(55-41)50(42)64;/h7,11,15,17-18,20,23-24,26-27,33,35,41,46,55,60H,1,8-10,12-14,16,19,21-22,25,28-31H2,2-6H3,(H,54,62);/q-1;/t35-,41-,46-;/m0./s1. The molecule has 68 heavy (non-hydrogen) atoms. The summed E-state index contributed by atoms with van der Waals surface area (Å²) in [6, 6.07) is 13.8. The average Bonchev–Trinajstić information content (AvgIpc) is 4.10. The van der Waals surface area contributed by atoms with Crippen molar-refractivity contribution in [2.24, 2.45) is 17.3 Å². The molecule has 4 amide bonds. The number of carbonyl (C=O) groups is 5. The van der Waals surface area contributed by atoms with Gasteiger partial charge in [0.1, 0.15) is 23.7 Å². The van der Waals surface area contributed by atoms with Crippen LogP contribution in [0.3, 0.4) is 0 Å². The zero-order valence-corrected chi connectivity index (χ0v) is 44.1. The van der Waals surface area contributed by atoms with Crippen LogP contribution >= 0.6 is 0 Å². The summed E-state index contributed by atoms with van der Waals surface area (Å²) < 4.78 is 14.0. The molecule has 3 fully saturated rings. The van der Waals surface area contributed by atoms with E-state index in [1.54, 1.807) is 37.4 Å². The van der Waals surface area contributed by atoms with Crippen LogP contribution in [0.1, 0.15) is 82.5 Å². The number of benzene rings is 2. The van der Waals surface area contributed by atoms with Crippen LogP contribution in [-0.2, 0) is 59.4 Å². The topological polar surface area (TPSA) is 176 Å². The van der Waals surface area contributed by atoms with E-state index in [1.165, 1.54) is 16.0 Å². The molecule has 4 aliphatic rings. The molecule has 2 saturated heterocycles. The van der Waals surface area contributed by atoms with Gasteiger partial charge in [0.05, 0.1) is 30.5 Å². The van der Waals surface area contributed by atoms with Crippen LogP contribution in [0.15, 0.2) is 67.4 Å². The van der Waals surface area contributed by atoms with Crippen LogP contribution in [0, 0.1) is 54.4 Å². The molecule has 0 radical (unpaired) electrons. The fourth-order valence-electron chi connectivity index (χ4n) is 10.7. The Balaban J connectivity index is 0.00000684. The van der Waals surface area contributed by atoms with Gasteiger partial charge in [-0.15, -0.1) is 6.42 Å². The van der Waals surface area contributed by atoms with E-state index in [9.17, 15) is 29.1 Å². The number of fused-ring (bicyclic) bond motifs is 6. The van der Waals surface area contributed by atoms with Crippen molar-refractivity contribution in [3.8, 4) is 28.1 Å². The smallest absolute Gasteiger partial charge is 0.324 e. The molecule has 16 heteroatoms. The van der Waals surface area contributed by atoms with Gasteiger partial charge in [0.15, 0.2) is 0 Å². The number of amides is 4. The van der Waals surface area contributed by atoms with Crippen molar-refractivity contribution < 1.29 is 69.7 Å². The van der Waals surface area contributed by atoms with Gasteiger partial charge in [-0.1, -0.05) is 51.0 Å². The molecule has 0 spiro atoms. The third kappa shape index (κ3) is 10.7. The van der Waals surface area contributed by atoms with E-state index in [2.05, 4.69) is 60.9 Å². The number of likely N-dealkylation sites (tertiary alicyclic amines) is 1. The predicted molar refractivity (Wildman–Crippen MR) is 253 cm³/mol. The van der Waals surface area contributed by atoms with Crippen molar-refractivity contribution in [1.29, 1.82) is 0 Å². The van der Waals surface area contributed by atoms with Crippen LogP contribution in [0.4, 0.5) is 0 Å². The van der Waals surface area contributed by atoms with Gasteiger partial charge in [0, 0.05) is 99.5 Å². The van der Waals surface area contributed by atoms with Gasteiger partial charge < -0.3 is 44.1 Å². The van der Waals surface area contributed by atoms with E-state index in [0.29, 0.717) is 56.5 Å². The van der Waals surface area contributed by atoms with E-state index in [-0.39, 0.29) is 86.8 Å². The maximum Gasteiger partial charge on any atom is 0.324 e. The molecule has 5 heterocycles. The summed E-state index contributed by atoms with van der Waals surface area (Å²) >= 11 is 0. The number of aromatic hydroxyl groups is 1. The molecule has 15 nitrogen and oxygen atoms in total. The van der Waals surface area contributed by atoms with Crippen LogP contribution in [0.5, 0.6) is 5.75 Å². The number of nitrogens with one attached hydrogen (secondary N) is 2. The molecule has 1 aliphatic carbocycles. The Kier molecular flexibility index (Phi) is 16.2. The first-order valence-electron chi connectivity index (χ1n) is 23.7. The number of carbonyl (C=O) groups excluding carboxylic acids is 5. The average molecular weight is 1150 g/mol. The third-order valence-electron chi connectivity index (χ3n) is 14.0. The monoisotopic (exact) mass is 1150 g/mol. The second kappa shape index (κ2) is 21.7. The van der Waals surface area contributed by atoms with Crippen LogP contribution in [0.25, 0.3) is 33.3 Å². The maximum atomic E-state index is 14.8. The molecule has 1 saturated carbocycles. The first-order valence-corrected chi connectivity index (χ1v) is 23.7. The molecule has 3 N–H and O–H groups in total. The minimum atomic E-state index is -0.883. The molecular weight excluding hydrogens is 1090 g/mol. The van der Waals surface area contributed by atoms with Gasteiger partial charge in [0.2, 0.25) is 17.7 Å². The Labute approximate surface area is 422 Å². The Morgan fingerprint density at radius 1 is 1.07 bits per heavy atom. The molecule has 2 aromatic carbocycles. The first-order chi connectivity index (χ1) is 32.2. The summed E-state index contributed by atoms with van der Waals surface area (Å²) in [7, 11) is 3.29. The number of hydrazine groups is 1. The largest absolute Gasteiger partial charge is 0.508 e. The summed E-state index contributed by atoms with van der Waals surface area (Å²) in [5, 5.41) is 16.7. The number of cyclic esters (lactones) is 1. The molecule has 4 aromatic rings. The molecule has 8 rings (SSSR count). The Bertz CT molecular complexity index is 2550. The first kappa shape index (κ1) is 50.7. The number of pyridine rings is 1. The summed E-state index contributed by atoms with van der Waals surface area (Å²) in [4.78, 5) is 77.9. The minimum Gasteiger partial charge on any atom is -0.508 e. The van der Waals surface area contributed by atoms with Crippen LogP contribution in [0.2, 0.25) is 0 Å². The van der Waals surface area contributed by atoms with E-state index in [0.717, 1.165) is 64.7 Å². The van der Waals surface area contributed by atoms with Gasteiger partial charge in [-0.05, 0) is 111 Å². The Morgan fingerprint density at radius 3 is 2.59 bits per heavy atom. The number of hydrogen-bond donors (Lipinski definition) is 3. The van der Waals surface area contributed by atoms with E-state index < -0.39 is 41.2 Å². The molecule has 360 valence electrons. The quantitative estimate of drug-likeness (QED) is 0.0956. The van der Waals surface area contributed by atoms with Gasteiger partial charge in [-0.3, -0.25) is 24.2 Å². The summed E-state index contributed by atoms with van der Waals surface area (Å²) in [5.41, 5.74) is 9.54. The number of phenols is 1. The normalized spacial score (nSPS) is 20.3. The molecule has 3 atom stereocenters. The zero-order valence-electron chi connectivity index (χ0n) is 39.9. The second-order valence-electron chi connectivity index (χ2n) is 19.4. The Hall–Kier alpha value is -5.14. The molecule has 2 aromatic heterocycles.